The molecule has 2 N–H and O–H groups in total. The van der Waals surface area contributed by atoms with Crippen LogP contribution in [0.1, 0.15) is 44.6 Å². The summed E-state index contributed by atoms with van der Waals surface area (Å²) in [5.74, 6) is 3.10. The average molecular weight is 422 g/mol. The molecule has 0 atom stereocenters. The number of nitrogens with one attached hydrogen (secondary N) is 2. The van der Waals surface area contributed by atoms with Crippen molar-refractivity contribution >= 4 is 5.96 Å². The maximum Gasteiger partial charge on any atom is 0.191 e. The molecule has 1 saturated carbocycles. The fraction of sp³-hybridized carbons (Fsp3) is 0.696. The molecule has 0 heterocycles. The molecule has 1 fully saturated rings. The van der Waals surface area contributed by atoms with E-state index in [0.29, 0.717) is 5.75 Å². The zero-order chi connectivity index (χ0) is 21.8. The molecule has 1 aromatic rings. The summed E-state index contributed by atoms with van der Waals surface area (Å²) >= 11 is 0. The van der Waals surface area contributed by atoms with Gasteiger partial charge in [-0.05, 0) is 38.0 Å². The first-order valence-electron chi connectivity index (χ1n) is 10.9. The number of methoxy groups -OCH3 is 4. The van der Waals surface area contributed by atoms with Gasteiger partial charge in [0.2, 0.25) is 0 Å². The van der Waals surface area contributed by atoms with Gasteiger partial charge in [0.1, 0.15) is 17.2 Å². The van der Waals surface area contributed by atoms with Gasteiger partial charge in [0.05, 0.1) is 21.3 Å². The highest BCUT2D eigenvalue weighted by atomic mass is 16.5. The predicted molar refractivity (Wildman–Crippen MR) is 121 cm³/mol. The molecule has 0 saturated heterocycles. The molecule has 7 heteroatoms. The van der Waals surface area contributed by atoms with Crippen LogP contribution in [0.15, 0.2) is 17.1 Å². The SMILES string of the molecule is CCNC(=NCC1(CCOC)CCCC1)NCCc1c(OC)cc(OC)cc1OC. The molecular formula is C23H39N3O4. The molecule has 30 heavy (non-hydrogen) atoms. The first-order chi connectivity index (χ1) is 14.6. The minimum absolute atomic E-state index is 0.279. The number of aliphatic imine (C=N–C) groups is 1. The summed E-state index contributed by atoms with van der Waals surface area (Å²) in [6, 6.07) is 3.77. The minimum Gasteiger partial charge on any atom is -0.496 e. The second-order valence-corrected chi connectivity index (χ2v) is 7.83. The zero-order valence-corrected chi connectivity index (χ0v) is 19.3. The number of ether oxygens (including phenoxy) is 4. The van der Waals surface area contributed by atoms with Crippen molar-refractivity contribution in [2.24, 2.45) is 10.4 Å². The summed E-state index contributed by atoms with van der Waals surface area (Å²) in [4.78, 5) is 4.92. The lowest BCUT2D eigenvalue weighted by Crippen LogP contribution is -2.39. The lowest BCUT2D eigenvalue weighted by atomic mass is 9.83. The van der Waals surface area contributed by atoms with Crippen LogP contribution >= 0.6 is 0 Å². The van der Waals surface area contributed by atoms with E-state index < -0.39 is 0 Å². The number of guanidine groups is 1. The second kappa shape index (κ2) is 12.5. The van der Waals surface area contributed by atoms with Gasteiger partial charge in [0, 0.05) is 51.0 Å². The van der Waals surface area contributed by atoms with Gasteiger partial charge in [-0.3, -0.25) is 4.99 Å². The van der Waals surface area contributed by atoms with Crippen molar-refractivity contribution < 1.29 is 18.9 Å². The minimum atomic E-state index is 0.279. The van der Waals surface area contributed by atoms with Gasteiger partial charge in [0.25, 0.3) is 0 Å². The van der Waals surface area contributed by atoms with Gasteiger partial charge in [-0.1, -0.05) is 12.8 Å². The monoisotopic (exact) mass is 421 g/mol. The maximum atomic E-state index is 5.56. The van der Waals surface area contributed by atoms with Crippen LogP contribution in [0.25, 0.3) is 0 Å². The molecule has 0 radical (unpaired) electrons. The molecule has 170 valence electrons. The van der Waals surface area contributed by atoms with Crippen molar-refractivity contribution in [3.63, 3.8) is 0 Å². The number of rotatable bonds is 12. The molecule has 0 aliphatic heterocycles. The molecule has 7 nitrogen and oxygen atoms in total. The molecule has 0 amide bonds. The van der Waals surface area contributed by atoms with Crippen LogP contribution < -0.4 is 24.8 Å². The average Bonchev–Trinajstić information content (AvgIpc) is 3.24. The second-order valence-electron chi connectivity index (χ2n) is 7.83. The third kappa shape index (κ3) is 6.69. The number of hydrogen-bond donors (Lipinski definition) is 2. The molecule has 2 rings (SSSR count). The highest BCUT2D eigenvalue weighted by Gasteiger charge is 2.33. The van der Waals surface area contributed by atoms with Crippen molar-refractivity contribution in [3.8, 4) is 17.2 Å². The molecule has 0 bridgehead atoms. The van der Waals surface area contributed by atoms with Gasteiger partial charge in [0.15, 0.2) is 5.96 Å². The Morgan fingerprint density at radius 1 is 1.00 bits per heavy atom. The van der Waals surface area contributed by atoms with Gasteiger partial charge in [-0.2, -0.15) is 0 Å². The van der Waals surface area contributed by atoms with Crippen LogP contribution in [0.5, 0.6) is 17.2 Å². The van der Waals surface area contributed by atoms with Crippen molar-refractivity contribution in [1.29, 1.82) is 0 Å². The van der Waals surface area contributed by atoms with Crippen molar-refractivity contribution in [1.82, 2.24) is 10.6 Å². The molecule has 0 aromatic heterocycles. The maximum absolute atomic E-state index is 5.56. The van der Waals surface area contributed by atoms with E-state index >= 15 is 0 Å². The molecular weight excluding hydrogens is 382 g/mol. The number of nitrogens with zero attached hydrogens (tertiary/aromatic N) is 1. The highest BCUT2D eigenvalue weighted by molar-refractivity contribution is 5.79. The van der Waals surface area contributed by atoms with Gasteiger partial charge in [-0.25, -0.2) is 0 Å². The summed E-state index contributed by atoms with van der Waals surface area (Å²) in [5.41, 5.74) is 1.29. The molecule has 1 aromatic carbocycles. The van der Waals surface area contributed by atoms with Crippen LogP contribution in [0.2, 0.25) is 0 Å². The largest absolute Gasteiger partial charge is 0.496 e. The molecule has 1 aliphatic rings. The Morgan fingerprint density at radius 2 is 1.67 bits per heavy atom. The van der Waals surface area contributed by atoms with Gasteiger partial charge in [-0.15, -0.1) is 0 Å². The summed E-state index contributed by atoms with van der Waals surface area (Å²) in [6.07, 6.45) is 6.88. The van der Waals surface area contributed by atoms with E-state index in [1.165, 1.54) is 25.7 Å². The number of benzene rings is 1. The number of hydrogen-bond acceptors (Lipinski definition) is 5. The van der Waals surface area contributed by atoms with E-state index in [0.717, 1.165) is 62.1 Å². The van der Waals surface area contributed by atoms with Crippen LogP contribution in [0, 0.1) is 5.41 Å². The van der Waals surface area contributed by atoms with Crippen molar-refractivity contribution in [2.45, 2.75) is 45.4 Å². The van der Waals surface area contributed by atoms with E-state index in [2.05, 4.69) is 17.6 Å². The van der Waals surface area contributed by atoms with Crippen molar-refractivity contribution in [3.05, 3.63) is 17.7 Å². The molecule has 0 spiro atoms. The van der Waals surface area contributed by atoms with E-state index in [1.54, 1.807) is 28.4 Å². The third-order valence-electron chi connectivity index (χ3n) is 5.90. The normalized spacial score (nSPS) is 15.7. The van der Waals surface area contributed by atoms with Gasteiger partial charge < -0.3 is 29.6 Å². The standard InChI is InChI=1S/C23H39N3O4/c1-6-24-22(26-17-23(12-14-27-2)10-7-8-11-23)25-13-9-19-20(29-4)15-18(28-3)16-21(19)30-5/h15-16H,6-14,17H2,1-5H3,(H2,24,25,26). The summed E-state index contributed by atoms with van der Waals surface area (Å²) in [7, 11) is 6.74. The van der Waals surface area contributed by atoms with E-state index in [1.807, 2.05) is 12.1 Å². The van der Waals surface area contributed by atoms with E-state index in [9.17, 15) is 0 Å². The van der Waals surface area contributed by atoms with Crippen molar-refractivity contribution in [2.75, 3.05) is 54.7 Å². The Kier molecular flexibility index (Phi) is 10.1. The topological polar surface area (TPSA) is 73.3 Å². The van der Waals surface area contributed by atoms with Gasteiger partial charge >= 0.3 is 0 Å². The molecule has 0 unspecified atom stereocenters. The Morgan fingerprint density at radius 3 is 2.20 bits per heavy atom. The zero-order valence-electron chi connectivity index (χ0n) is 19.3. The fourth-order valence-corrected chi connectivity index (χ4v) is 4.15. The quantitative estimate of drug-likeness (QED) is 0.398. The first-order valence-corrected chi connectivity index (χ1v) is 10.9. The smallest absolute Gasteiger partial charge is 0.191 e. The lowest BCUT2D eigenvalue weighted by Gasteiger charge is -2.27. The highest BCUT2D eigenvalue weighted by Crippen LogP contribution is 2.41. The predicted octanol–water partition coefficient (Wildman–Crippen LogP) is 3.41. The Hall–Kier alpha value is -2.15. The Labute approximate surface area is 181 Å². The summed E-state index contributed by atoms with van der Waals surface area (Å²) < 4.78 is 21.8. The summed E-state index contributed by atoms with van der Waals surface area (Å²) in [6.45, 7) is 5.27. The molecule has 1 aliphatic carbocycles. The van der Waals surface area contributed by atoms with Crippen LogP contribution in [0.4, 0.5) is 0 Å². The fourth-order valence-electron chi connectivity index (χ4n) is 4.15. The van der Waals surface area contributed by atoms with Crippen LogP contribution in [-0.2, 0) is 11.2 Å². The Balaban J connectivity index is 2.03. The first kappa shape index (κ1) is 24.1. The summed E-state index contributed by atoms with van der Waals surface area (Å²) in [5, 5.41) is 6.83. The third-order valence-corrected chi connectivity index (χ3v) is 5.90. The van der Waals surface area contributed by atoms with E-state index in [4.69, 9.17) is 23.9 Å². The van der Waals surface area contributed by atoms with E-state index in [-0.39, 0.29) is 5.41 Å². The Bertz CT molecular complexity index is 647. The van der Waals surface area contributed by atoms with Crippen LogP contribution in [0.3, 0.4) is 0 Å². The lowest BCUT2D eigenvalue weighted by molar-refractivity contribution is 0.141. The van der Waals surface area contributed by atoms with Crippen LogP contribution in [-0.4, -0.2) is 60.6 Å².